The molecular formula is C31H27IO4. The number of fused-ring (bicyclic) bond motifs is 1. The van der Waals surface area contributed by atoms with Crippen LogP contribution in [-0.4, -0.2) is 23.4 Å². The van der Waals surface area contributed by atoms with E-state index in [1.165, 1.54) is 0 Å². The number of rotatable bonds is 7. The predicted molar refractivity (Wildman–Crippen MR) is 149 cm³/mol. The Labute approximate surface area is 225 Å². The van der Waals surface area contributed by atoms with Gasteiger partial charge in [-0.25, -0.2) is 0 Å². The summed E-state index contributed by atoms with van der Waals surface area (Å²) in [5.74, 6) is 2.97. The molecule has 0 aliphatic carbocycles. The van der Waals surface area contributed by atoms with Crippen LogP contribution >= 0.6 is 22.6 Å². The van der Waals surface area contributed by atoms with Gasteiger partial charge >= 0.3 is 0 Å². The van der Waals surface area contributed by atoms with E-state index in [4.69, 9.17) is 20.6 Å². The van der Waals surface area contributed by atoms with Gasteiger partial charge in [-0.3, -0.25) is 0 Å². The summed E-state index contributed by atoms with van der Waals surface area (Å²) < 4.78 is 20.3. The fourth-order valence-corrected chi connectivity index (χ4v) is 5.24. The minimum Gasteiger partial charge on any atom is -0.508 e. The highest BCUT2D eigenvalue weighted by Gasteiger charge is 2.41. The smallest absolute Gasteiger partial charge is 0.147 e. The highest BCUT2D eigenvalue weighted by atomic mass is 127. The first kappa shape index (κ1) is 24.8. The first-order valence-electron chi connectivity index (χ1n) is 12.0. The van der Waals surface area contributed by atoms with E-state index >= 15 is 0 Å². The molecule has 0 amide bonds. The van der Waals surface area contributed by atoms with E-state index < -0.39 is 18.3 Å². The molecule has 1 fully saturated rings. The van der Waals surface area contributed by atoms with Crippen LogP contribution in [0.25, 0.3) is 10.8 Å². The number of ether oxygens (including phenoxy) is 3. The number of benzene rings is 4. The van der Waals surface area contributed by atoms with E-state index in [1.54, 1.807) is 6.07 Å². The fraction of sp³-hybridized carbons (Fsp3) is 0.226. The zero-order valence-electron chi connectivity index (χ0n) is 19.7. The lowest BCUT2D eigenvalue weighted by atomic mass is 9.90. The monoisotopic (exact) mass is 590 g/mol. The van der Waals surface area contributed by atoms with Crippen LogP contribution in [0.15, 0.2) is 91.0 Å². The summed E-state index contributed by atoms with van der Waals surface area (Å²) in [7, 11) is 0. The van der Waals surface area contributed by atoms with Crippen LogP contribution in [0, 0.1) is 15.9 Å². The molecule has 4 atom stereocenters. The van der Waals surface area contributed by atoms with Crippen LogP contribution in [0.4, 0.5) is 0 Å². The van der Waals surface area contributed by atoms with E-state index in [9.17, 15) is 5.11 Å². The SMILES string of the molecule is C#C[C@H]1OC(c2c(O)ccc3cc(I)ccc23)C[C@@H](OCc2ccccc2)[C@@H]1OCc1ccccc1. The molecule has 4 aromatic carbocycles. The van der Waals surface area contributed by atoms with Crippen molar-refractivity contribution in [3.8, 4) is 18.1 Å². The number of hydrogen-bond donors (Lipinski definition) is 1. The molecule has 1 unspecified atom stereocenters. The Morgan fingerprint density at radius 2 is 1.56 bits per heavy atom. The van der Waals surface area contributed by atoms with E-state index in [2.05, 4.69) is 34.6 Å². The molecule has 1 aliphatic rings. The quantitative estimate of drug-likeness (QED) is 0.190. The summed E-state index contributed by atoms with van der Waals surface area (Å²) >= 11 is 2.29. The van der Waals surface area contributed by atoms with Crippen molar-refractivity contribution >= 4 is 33.4 Å². The number of terminal acetylenes is 1. The Kier molecular flexibility index (Phi) is 7.88. The number of halogens is 1. The number of phenolic OH excluding ortho intramolecular Hbond substituents is 1. The van der Waals surface area contributed by atoms with E-state index in [0.29, 0.717) is 19.6 Å². The lowest BCUT2D eigenvalue weighted by Gasteiger charge is -2.40. The van der Waals surface area contributed by atoms with Crippen molar-refractivity contribution < 1.29 is 19.3 Å². The van der Waals surface area contributed by atoms with Gasteiger partial charge < -0.3 is 19.3 Å². The molecule has 1 N–H and O–H groups in total. The van der Waals surface area contributed by atoms with Crippen molar-refractivity contribution in [3.05, 3.63) is 111 Å². The van der Waals surface area contributed by atoms with Crippen molar-refractivity contribution in [3.63, 3.8) is 0 Å². The summed E-state index contributed by atoms with van der Waals surface area (Å²) in [6, 6.07) is 29.8. The average molecular weight is 590 g/mol. The van der Waals surface area contributed by atoms with Gasteiger partial charge in [0.1, 0.15) is 18.0 Å². The molecule has 1 heterocycles. The Balaban J connectivity index is 1.45. The van der Waals surface area contributed by atoms with Gasteiger partial charge in [-0.15, -0.1) is 6.42 Å². The Bertz CT molecular complexity index is 1350. The van der Waals surface area contributed by atoms with Crippen LogP contribution in [0.5, 0.6) is 5.75 Å². The lowest BCUT2D eigenvalue weighted by molar-refractivity contribution is -0.193. The van der Waals surface area contributed by atoms with E-state index in [1.807, 2.05) is 78.9 Å². The van der Waals surface area contributed by atoms with Gasteiger partial charge in [-0.2, -0.15) is 0 Å². The number of hydrogen-bond acceptors (Lipinski definition) is 4. The minimum atomic E-state index is -0.633. The van der Waals surface area contributed by atoms with Gasteiger partial charge in [0.15, 0.2) is 0 Å². The zero-order chi connectivity index (χ0) is 24.9. The third-order valence-electron chi connectivity index (χ3n) is 6.50. The van der Waals surface area contributed by atoms with Crippen LogP contribution in [0.2, 0.25) is 0 Å². The molecule has 182 valence electrons. The molecule has 4 nitrogen and oxygen atoms in total. The molecule has 5 rings (SSSR count). The summed E-state index contributed by atoms with van der Waals surface area (Å²) in [4.78, 5) is 0. The first-order valence-corrected chi connectivity index (χ1v) is 13.0. The third kappa shape index (κ3) is 5.58. The fourth-order valence-electron chi connectivity index (χ4n) is 4.72. The van der Waals surface area contributed by atoms with E-state index in [-0.39, 0.29) is 11.9 Å². The Morgan fingerprint density at radius 1 is 0.889 bits per heavy atom. The van der Waals surface area contributed by atoms with Crippen LogP contribution in [0.3, 0.4) is 0 Å². The molecule has 0 spiro atoms. The molecule has 1 saturated heterocycles. The molecule has 5 heteroatoms. The second-order valence-corrected chi connectivity index (χ2v) is 10.2. The van der Waals surface area contributed by atoms with Crippen molar-refractivity contribution in [1.29, 1.82) is 0 Å². The normalized spacial score (nSPS) is 21.8. The van der Waals surface area contributed by atoms with Crippen molar-refractivity contribution in [2.45, 2.75) is 44.1 Å². The molecule has 0 saturated carbocycles. The van der Waals surface area contributed by atoms with Gasteiger partial charge in [0.05, 0.1) is 25.4 Å². The molecule has 0 radical (unpaired) electrons. The van der Waals surface area contributed by atoms with Crippen molar-refractivity contribution in [1.82, 2.24) is 0 Å². The molecule has 4 aromatic rings. The molecule has 0 aromatic heterocycles. The van der Waals surface area contributed by atoms with Gasteiger partial charge in [-0.05, 0) is 62.7 Å². The second kappa shape index (κ2) is 11.4. The van der Waals surface area contributed by atoms with Crippen LogP contribution in [0.1, 0.15) is 29.2 Å². The third-order valence-corrected chi connectivity index (χ3v) is 7.17. The maximum absolute atomic E-state index is 10.9. The van der Waals surface area contributed by atoms with Gasteiger partial charge in [0.25, 0.3) is 0 Å². The highest BCUT2D eigenvalue weighted by Crippen LogP contribution is 2.42. The number of phenols is 1. The summed E-state index contributed by atoms with van der Waals surface area (Å²) in [5, 5.41) is 12.9. The molecule has 1 aliphatic heterocycles. The molecule has 0 bridgehead atoms. The van der Waals surface area contributed by atoms with Crippen LogP contribution in [-0.2, 0) is 27.4 Å². The van der Waals surface area contributed by atoms with E-state index in [0.717, 1.165) is 31.0 Å². The topological polar surface area (TPSA) is 47.9 Å². The van der Waals surface area contributed by atoms with Gasteiger partial charge in [0, 0.05) is 15.6 Å². The first-order chi connectivity index (χ1) is 17.6. The summed E-state index contributed by atoms with van der Waals surface area (Å²) in [6.07, 6.45) is 4.62. The zero-order valence-corrected chi connectivity index (χ0v) is 21.9. The maximum Gasteiger partial charge on any atom is 0.147 e. The van der Waals surface area contributed by atoms with Gasteiger partial charge in [-0.1, -0.05) is 78.7 Å². The second-order valence-electron chi connectivity index (χ2n) is 8.91. The van der Waals surface area contributed by atoms with Crippen molar-refractivity contribution in [2.75, 3.05) is 0 Å². The standard InChI is InChI=1S/C31H27IO4/c1-2-27-31(35-20-22-11-7-4-8-12-22)29(34-19-21-9-5-3-6-10-21)18-28(36-27)30-25-15-14-24(32)17-23(25)13-16-26(30)33/h1,3-17,27-29,31,33H,18-20H2/t27-,28?,29-,31-/m1/s1. The number of aromatic hydroxyl groups is 1. The van der Waals surface area contributed by atoms with Gasteiger partial charge in [0.2, 0.25) is 0 Å². The predicted octanol–water partition coefficient (Wildman–Crippen LogP) is 6.78. The summed E-state index contributed by atoms with van der Waals surface area (Å²) in [5.41, 5.74) is 2.86. The lowest BCUT2D eigenvalue weighted by Crippen LogP contribution is -2.47. The maximum atomic E-state index is 10.9. The molecular weight excluding hydrogens is 563 g/mol. The highest BCUT2D eigenvalue weighted by molar-refractivity contribution is 14.1. The average Bonchev–Trinajstić information content (AvgIpc) is 2.92. The summed E-state index contributed by atoms with van der Waals surface area (Å²) in [6.45, 7) is 0.835. The molecule has 36 heavy (non-hydrogen) atoms. The Morgan fingerprint density at radius 3 is 2.22 bits per heavy atom. The Hall–Kier alpha value is -2.89. The minimum absolute atomic E-state index is 0.190. The largest absolute Gasteiger partial charge is 0.508 e. The van der Waals surface area contributed by atoms with Crippen LogP contribution < -0.4 is 0 Å². The van der Waals surface area contributed by atoms with Crippen molar-refractivity contribution in [2.24, 2.45) is 0 Å².